The van der Waals surface area contributed by atoms with E-state index in [4.69, 9.17) is 10.8 Å². The molecule has 0 bridgehead atoms. The second-order valence-corrected chi connectivity index (χ2v) is 4.02. The highest BCUT2D eigenvalue weighted by atomic mass is 16.3. The van der Waals surface area contributed by atoms with Gasteiger partial charge in [-0.3, -0.25) is 4.79 Å². The molecule has 1 atom stereocenters. The van der Waals surface area contributed by atoms with Gasteiger partial charge in [-0.1, -0.05) is 13.8 Å². The van der Waals surface area contributed by atoms with Gasteiger partial charge < -0.3 is 16.2 Å². The van der Waals surface area contributed by atoms with Crippen molar-refractivity contribution >= 4 is 5.91 Å². The lowest BCUT2D eigenvalue weighted by atomic mass is 9.94. The van der Waals surface area contributed by atoms with Crippen LogP contribution in [0.5, 0.6) is 0 Å². The van der Waals surface area contributed by atoms with Crippen LogP contribution in [0.1, 0.15) is 26.7 Å². The van der Waals surface area contributed by atoms with Crippen LogP contribution in [0.25, 0.3) is 0 Å². The molecule has 4 N–H and O–H groups in total. The number of nitrogens with two attached hydrogens (primary N) is 1. The zero-order valence-electron chi connectivity index (χ0n) is 9.12. The summed E-state index contributed by atoms with van der Waals surface area (Å²) in [6.45, 7) is 5.10. The molecular weight excluding hydrogens is 180 g/mol. The van der Waals surface area contributed by atoms with Crippen molar-refractivity contribution < 1.29 is 9.90 Å². The summed E-state index contributed by atoms with van der Waals surface area (Å²) in [6.07, 6.45) is 1.76. The number of carbonyl (C=O) groups is 1. The number of rotatable bonds is 7. The van der Waals surface area contributed by atoms with E-state index in [0.29, 0.717) is 18.4 Å². The number of amides is 1. The molecular formula is C10H22N2O2. The number of aliphatic hydroxyl groups is 1. The molecule has 0 aromatic heterocycles. The van der Waals surface area contributed by atoms with Crippen LogP contribution in [0.4, 0.5) is 0 Å². The van der Waals surface area contributed by atoms with E-state index in [0.717, 1.165) is 12.8 Å². The number of hydrogen-bond donors (Lipinski definition) is 3. The molecule has 1 unspecified atom stereocenters. The number of hydrogen-bond acceptors (Lipinski definition) is 3. The molecule has 0 aliphatic rings. The van der Waals surface area contributed by atoms with E-state index in [2.05, 4.69) is 19.2 Å². The summed E-state index contributed by atoms with van der Waals surface area (Å²) in [5, 5.41) is 11.6. The zero-order valence-corrected chi connectivity index (χ0v) is 9.12. The Hall–Kier alpha value is -0.610. The fourth-order valence-corrected chi connectivity index (χ4v) is 1.48. The standard InChI is InChI=1S/C10H22N2O2/c1-8(2)5-9(3-4-13)7-12-10(14)6-11/h8-9,13H,3-7,11H2,1-2H3,(H,12,14). The van der Waals surface area contributed by atoms with E-state index < -0.39 is 0 Å². The summed E-state index contributed by atoms with van der Waals surface area (Å²) in [4.78, 5) is 10.9. The van der Waals surface area contributed by atoms with Gasteiger partial charge in [-0.25, -0.2) is 0 Å². The van der Waals surface area contributed by atoms with E-state index >= 15 is 0 Å². The van der Waals surface area contributed by atoms with Crippen LogP contribution in [0.15, 0.2) is 0 Å². The lowest BCUT2D eigenvalue weighted by Crippen LogP contribution is -2.34. The van der Waals surface area contributed by atoms with Crippen molar-refractivity contribution in [1.82, 2.24) is 5.32 Å². The quantitative estimate of drug-likeness (QED) is 0.548. The van der Waals surface area contributed by atoms with Crippen molar-refractivity contribution in [3.05, 3.63) is 0 Å². The summed E-state index contributed by atoms with van der Waals surface area (Å²) in [5.74, 6) is 0.813. The van der Waals surface area contributed by atoms with Crippen molar-refractivity contribution in [3.8, 4) is 0 Å². The first kappa shape index (κ1) is 13.4. The van der Waals surface area contributed by atoms with Gasteiger partial charge in [0, 0.05) is 13.2 Å². The summed E-state index contributed by atoms with van der Waals surface area (Å²) in [6, 6.07) is 0. The summed E-state index contributed by atoms with van der Waals surface area (Å²) >= 11 is 0. The van der Waals surface area contributed by atoms with Gasteiger partial charge in [0.25, 0.3) is 0 Å². The first-order valence-corrected chi connectivity index (χ1v) is 5.17. The lowest BCUT2D eigenvalue weighted by Gasteiger charge is -2.18. The maximum atomic E-state index is 10.9. The maximum absolute atomic E-state index is 10.9. The Balaban J connectivity index is 3.77. The van der Waals surface area contributed by atoms with Crippen LogP contribution in [0.2, 0.25) is 0 Å². The third kappa shape index (κ3) is 6.86. The predicted octanol–water partition coefficient (Wildman–Crippen LogP) is 0.106. The average molecular weight is 202 g/mol. The van der Waals surface area contributed by atoms with Gasteiger partial charge in [0.1, 0.15) is 0 Å². The second kappa shape index (κ2) is 7.76. The van der Waals surface area contributed by atoms with E-state index in [1.54, 1.807) is 0 Å². The maximum Gasteiger partial charge on any atom is 0.233 e. The lowest BCUT2D eigenvalue weighted by molar-refractivity contribution is -0.119. The number of nitrogens with one attached hydrogen (secondary N) is 1. The van der Waals surface area contributed by atoms with E-state index in [-0.39, 0.29) is 19.1 Å². The molecule has 4 nitrogen and oxygen atoms in total. The normalized spacial score (nSPS) is 12.9. The molecule has 0 rings (SSSR count). The van der Waals surface area contributed by atoms with Crippen LogP contribution in [-0.4, -0.2) is 30.7 Å². The largest absolute Gasteiger partial charge is 0.396 e. The first-order chi connectivity index (χ1) is 6.60. The van der Waals surface area contributed by atoms with Crippen molar-refractivity contribution in [2.75, 3.05) is 19.7 Å². The third-order valence-corrected chi connectivity index (χ3v) is 2.12. The van der Waals surface area contributed by atoms with Crippen LogP contribution < -0.4 is 11.1 Å². The highest BCUT2D eigenvalue weighted by Crippen LogP contribution is 2.13. The molecule has 0 aromatic rings. The molecule has 0 fully saturated rings. The van der Waals surface area contributed by atoms with Gasteiger partial charge in [-0.05, 0) is 24.7 Å². The molecule has 84 valence electrons. The van der Waals surface area contributed by atoms with Crippen LogP contribution in [0, 0.1) is 11.8 Å². The minimum absolute atomic E-state index is 0.0352. The molecule has 4 heteroatoms. The SMILES string of the molecule is CC(C)CC(CCO)CNC(=O)CN. The molecule has 1 amide bonds. The fourth-order valence-electron chi connectivity index (χ4n) is 1.48. The fraction of sp³-hybridized carbons (Fsp3) is 0.900. The summed E-state index contributed by atoms with van der Waals surface area (Å²) in [5.41, 5.74) is 5.17. The van der Waals surface area contributed by atoms with Gasteiger partial charge in [0.2, 0.25) is 5.91 Å². The van der Waals surface area contributed by atoms with Gasteiger partial charge in [-0.15, -0.1) is 0 Å². The Morgan fingerprint density at radius 2 is 2.14 bits per heavy atom. The second-order valence-electron chi connectivity index (χ2n) is 4.02. The van der Waals surface area contributed by atoms with Crippen LogP contribution in [0.3, 0.4) is 0 Å². The average Bonchev–Trinajstić information content (AvgIpc) is 2.13. The molecule has 0 radical (unpaired) electrons. The Bertz CT molecular complexity index is 160. The Kier molecular flexibility index (Phi) is 7.42. The topological polar surface area (TPSA) is 75.3 Å². The highest BCUT2D eigenvalue weighted by Gasteiger charge is 2.11. The molecule has 14 heavy (non-hydrogen) atoms. The summed E-state index contributed by atoms with van der Waals surface area (Å²) < 4.78 is 0. The summed E-state index contributed by atoms with van der Waals surface area (Å²) in [7, 11) is 0. The molecule has 0 aromatic carbocycles. The van der Waals surface area contributed by atoms with Crippen LogP contribution >= 0.6 is 0 Å². The minimum Gasteiger partial charge on any atom is -0.396 e. The monoisotopic (exact) mass is 202 g/mol. The van der Waals surface area contributed by atoms with Crippen molar-refractivity contribution in [2.45, 2.75) is 26.7 Å². The molecule has 0 heterocycles. The van der Waals surface area contributed by atoms with Crippen LogP contribution in [-0.2, 0) is 4.79 Å². The molecule has 0 spiro atoms. The Morgan fingerprint density at radius 3 is 2.57 bits per heavy atom. The molecule has 0 saturated heterocycles. The Morgan fingerprint density at radius 1 is 1.50 bits per heavy atom. The minimum atomic E-state index is -0.128. The third-order valence-electron chi connectivity index (χ3n) is 2.12. The molecule has 0 saturated carbocycles. The van der Waals surface area contributed by atoms with Crippen molar-refractivity contribution in [1.29, 1.82) is 0 Å². The van der Waals surface area contributed by atoms with Gasteiger partial charge in [0.05, 0.1) is 6.54 Å². The van der Waals surface area contributed by atoms with Gasteiger partial charge >= 0.3 is 0 Å². The van der Waals surface area contributed by atoms with E-state index in [9.17, 15) is 4.79 Å². The smallest absolute Gasteiger partial charge is 0.233 e. The first-order valence-electron chi connectivity index (χ1n) is 5.17. The predicted molar refractivity (Wildman–Crippen MR) is 56.7 cm³/mol. The van der Waals surface area contributed by atoms with E-state index in [1.165, 1.54) is 0 Å². The van der Waals surface area contributed by atoms with Gasteiger partial charge in [0.15, 0.2) is 0 Å². The number of carbonyl (C=O) groups excluding carboxylic acids is 1. The van der Waals surface area contributed by atoms with Gasteiger partial charge in [-0.2, -0.15) is 0 Å². The Labute approximate surface area is 85.9 Å². The van der Waals surface area contributed by atoms with E-state index in [1.807, 2.05) is 0 Å². The molecule has 0 aliphatic carbocycles. The number of aliphatic hydroxyl groups excluding tert-OH is 1. The van der Waals surface area contributed by atoms with Crippen molar-refractivity contribution in [3.63, 3.8) is 0 Å². The van der Waals surface area contributed by atoms with Crippen molar-refractivity contribution in [2.24, 2.45) is 17.6 Å². The molecule has 0 aliphatic heterocycles. The highest BCUT2D eigenvalue weighted by molar-refractivity contribution is 5.77. The zero-order chi connectivity index (χ0) is 11.0.